The lowest BCUT2D eigenvalue weighted by Gasteiger charge is -2.20. The molecule has 1 amide bonds. The van der Waals surface area contributed by atoms with E-state index in [2.05, 4.69) is 9.97 Å². The number of H-pyrrole nitrogens is 1. The number of carbonyl (C=O) groups is 2. The maximum Gasteiger partial charge on any atom is 0.270 e. The van der Waals surface area contributed by atoms with Crippen LogP contribution in [0.4, 0.5) is 0 Å². The summed E-state index contributed by atoms with van der Waals surface area (Å²) in [6, 6.07) is 4.77. The lowest BCUT2D eigenvalue weighted by atomic mass is 10.2. The molecule has 0 unspecified atom stereocenters. The Balaban J connectivity index is 1.96. The fourth-order valence-corrected chi connectivity index (χ4v) is 3.23. The first-order chi connectivity index (χ1) is 14.3. The van der Waals surface area contributed by atoms with Gasteiger partial charge in [0.05, 0.1) is 31.7 Å². The van der Waals surface area contributed by atoms with E-state index >= 15 is 0 Å². The number of benzene rings is 1. The third kappa shape index (κ3) is 3.91. The van der Waals surface area contributed by atoms with Crippen molar-refractivity contribution in [3.8, 4) is 11.5 Å². The van der Waals surface area contributed by atoms with Gasteiger partial charge in [-0.1, -0.05) is 0 Å². The van der Waals surface area contributed by atoms with E-state index in [1.54, 1.807) is 40.9 Å². The monoisotopic (exact) mass is 412 g/mol. The number of amides is 1. The number of nitrogens with zero attached hydrogens (tertiary/aromatic N) is 3. The molecule has 0 radical (unpaired) electrons. The van der Waals surface area contributed by atoms with E-state index in [0.29, 0.717) is 46.0 Å². The molecule has 9 heteroatoms. The molecule has 0 atom stereocenters. The summed E-state index contributed by atoms with van der Waals surface area (Å²) in [6.07, 6.45) is 1.62. The molecule has 0 spiro atoms. The van der Waals surface area contributed by atoms with Gasteiger partial charge in [-0.05, 0) is 26.0 Å². The van der Waals surface area contributed by atoms with Gasteiger partial charge in [0, 0.05) is 31.4 Å². The van der Waals surface area contributed by atoms with Gasteiger partial charge >= 0.3 is 0 Å². The molecule has 0 aliphatic heterocycles. The molecule has 0 saturated heterocycles. The van der Waals surface area contributed by atoms with Crippen LogP contribution in [0.25, 0.3) is 10.9 Å². The maximum atomic E-state index is 13.0. The average molecular weight is 412 g/mol. The van der Waals surface area contributed by atoms with Gasteiger partial charge in [-0.15, -0.1) is 0 Å². The predicted octanol–water partition coefficient (Wildman–Crippen LogP) is 2.14. The number of ether oxygens (including phenoxy) is 2. The summed E-state index contributed by atoms with van der Waals surface area (Å²) in [5.41, 5.74) is 0.955. The minimum atomic E-state index is -0.336. The Morgan fingerprint density at radius 2 is 1.83 bits per heavy atom. The molecule has 1 N–H and O–H groups in total. The summed E-state index contributed by atoms with van der Waals surface area (Å²) in [5.74, 6) is 0.856. The van der Waals surface area contributed by atoms with Crippen LogP contribution >= 0.6 is 0 Å². The minimum absolute atomic E-state index is 0.107. The normalized spacial score (nSPS) is 10.8. The Bertz CT molecular complexity index is 1180. The first kappa shape index (κ1) is 21.1. The Kier molecular flexibility index (Phi) is 5.91. The second-order valence-electron chi connectivity index (χ2n) is 6.84. The quantitative estimate of drug-likeness (QED) is 0.596. The van der Waals surface area contributed by atoms with E-state index in [1.807, 2.05) is 6.92 Å². The lowest BCUT2D eigenvalue weighted by Crippen LogP contribution is -2.33. The second-order valence-corrected chi connectivity index (χ2v) is 6.84. The Morgan fingerprint density at radius 1 is 1.17 bits per heavy atom. The Morgan fingerprint density at radius 3 is 2.40 bits per heavy atom. The number of ketones is 1. The summed E-state index contributed by atoms with van der Waals surface area (Å²) in [5, 5.41) is 0.360. The van der Waals surface area contributed by atoms with Crippen molar-refractivity contribution in [1.29, 1.82) is 0 Å². The van der Waals surface area contributed by atoms with Gasteiger partial charge in [-0.3, -0.25) is 14.4 Å². The number of fused-ring (bicyclic) bond motifs is 1. The molecule has 2 aromatic heterocycles. The van der Waals surface area contributed by atoms with Gasteiger partial charge in [-0.2, -0.15) is 0 Å². The van der Waals surface area contributed by atoms with Gasteiger partial charge in [0.15, 0.2) is 17.3 Å². The van der Waals surface area contributed by atoms with Gasteiger partial charge in [0.1, 0.15) is 11.5 Å². The van der Waals surface area contributed by atoms with Crippen LogP contribution in [0.5, 0.6) is 11.5 Å². The second kappa shape index (κ2) is 8.40. The summed E-state index contributed by atoms with van der Waals surface area (Å²) in [6.45, 7) is 3.79. The van der Waals surface area contributed by atoms with Crippen molar-refractivity contribution in [1.82, 2.24) is 19.4 Å². The summed E-state index contributed by atoms with van der Waals surface area (Å²) < 4.78 is 12.1. The van der Waals surface area contributed by atoms with Crippen molar-refractivity contribution in [2.75, 3.05) is 20.8 Å². The number of carbonyl (C=O) groups excluding carboxylic acids is 2. The van der Waals surface area contributed by atoms with Crippen molar-refractivity contribution in [2.24, 2.45) is 7.05 Å². The Hall–Kier alpha value is -3.62. The molecule has 0 fully saturated rings. The predicted molar refractivity (Wildman–Crippen MR) is 111 cm³/mol. The molecule has 3 rings (SSSR count). The maximum absolute atomic E-state index is 13.0. The fourth-order valence-electron chi connectivity index (χ4n) is 3.23. The van der Waals surface area contributed by atoms with Gasteiger partial charge in [0.25, 0.3) is 11.5 Å². The van der Waals surface area contributed by atoms with E-state index in [0.717, 1.165) is 0 Å². The molecule has 0 bridgehead atoms. The van der Waals surface area contributed by atoms with Crippen molar-refractivity contribution < 1.29 is 19.1 Å². The van der Waals surface area contributed by atoms with Crippen LogP contribution < -0.4 is 15.0 Å². The van der Waals surface area contributed by atoms with Crippen molar-refractivity contribution in [3.05, 3.63) is 51.8 Å². The number of methoxy groups -OCH3 is 2. The number of rotatable bonds is 7. The molecule has 3 aromatic rings. The molecule has 158 valence electrons. The highest BCUT2D eigenvalue weighted by Crippen LogP contribution is 2.30. The molecule has 1 aromatic carbocycles. The van der Waals surface area contributed by atoms with Gasteiger partial charge < -0.3 is 23.9 Å². The number of hydrogen-bond donors (Lipinski definition) is 1. The molecule has 9 nitrogen and oxygen atoms in total. The van der Waals surface area contributed by atoms with Crippen LogP contribution in [0, 0.1) is 0 Å². The topological polar surface area (TPSA) is 107 Å². The number of hydrogen-bond acceptors (Lipinski definition) is 6. The highest BCUT2D eigenvalue weighted by Gasteiger charge is 2.21. The fraction of sp³-hybridized carbons (Fsp3) is 0.333. The summed E-state index contributed by atoms with van der Waals surface area (Å²) >= 11 is 0. The van der Waals surface area contributed by atoms with Crippen LogP contribution in [0.3, 0.4) is 0 Å². The van der Waals surface area contributed by atoms with E-state index in [1.165, 1.54) is 21.1 Å². The summed E-state index contributed by atoms with van der Waals surface area (Å²) in [4.78, 5) is 46.0. The van der Waals surface area contributed by atoms with Crippen molar-refractivity contribution in [2.45, 2.75) is 20.4 Å². The SMILES string of the molecule is CCN(Cc1nc2cc(OC)c(OC)cc2c(=O)[nH]1)C(=O)c1cc(C(C)=O)cn1C. The largest absolute Gasteiger partial charge is 0.493 e. The standard InChI is InChI=1S/C21H24N4O5/c1-6-25(21(28)16-7-13(12(2)26)10-24(16)3)11-19-22-15-9-18(30-5)17(29-4)8-14(15)20(27)23-19/h7-10H,6,11H2,1-5H3,(H,22,23,27). The van der Waals surface area contributed by atoms with Crippen LogP contribution in [0.15, 0.2) is 29.2 Å². The highest BCUT2D eigenvalue weighted by atomic mass is 16.5. The number of Topliss-reactive ketones (excluding diaryl/α,β-unsaturated/α-hetero) is 1. The Labute approximate surface area is 173 Å². The highest BCUT2D eigenvalue weighted by molar-refractivity contribution is 5.99. The summed E-state index contributed by atoms with van der Waals surface area (Å²) in [7, 11) is 4.71. The van der Waals surface area contributed by atoms with E-state index in [-0.39, 0.29) is 23.8 Å². The van der Waals surface area contributed by atoms with Gasteiger partial charge in [-0.25, -0.2) is 4.98 Å². The van der Waals surface area contributed by atoms with Crippen LogP contribution in [0.2, 0.25) is 0 Å². The van der Waals surface area contributed by atoms with Crippen molar-refractivity contribution >= 4 is 22.6 Å². The number of aromatic nitrogens is 3. The first-order valence-corrected chi connectivity index (χ1v) is 9.40. The van der Waals surface area contributed by atoms with Crippen molar-refractivity contribution in [3.63, 3.8) is 0 Å². The zero-order valence-corrected chi connectivity index (χ0v) is 17.6. The van der Waals surface area contributed by atoms with E-state index in [9.17, 15) is 14.4 Å². The van der Waals surface area contributed by atoms with Gasteiger partial charge in [0.2, 0.25) is 0 Å². The molecule has 2 heterocycles. The number of nitrogens with one attached hydrogen (secondary N) is 1. The molecule has 0 saturated carbocycles. The third-order valence-corrected chi connectivity index (χ3v) is 4.90. The number of aromatic amines is 1. The number of aryl methyl sites for hydroxylation is 1. The smallest absolute Gasteiger partial charge is 0.270 e. The van der Waals surface area contributed by atoms with Crippen LogP contribution in [0.1, 0.15) is 40.5 Å². The zero-order valence-electron chi connectivity index (χ0n) is 17.6. The molecular formula is C21H24N4O5. The molecule has 0 aliphatic rings. The van der Waals surface area contributed by atoms with Crippen LogP contribution in [-0.4, -0.2) is 51.9 Å². The van der Waals surface area contributed by atoms with Crippen LogP contribution in [-0.2, 0) is 13.6 Å². The molecule has 0 aliphatic carbocycles. The average Bonchev–Trinajstić information content (AvgIpc) is 3.12. The zero-order chi connectivity index (χ0) is 22.0. The first-order valence-electron chi connectivity index (χ1n) is 9.40. The molecular weight excluding hydrogens is 388 g/mol. The van der Waals surface area contributed by atoms with E-state index < -0.39 is 0 Å². The molecule has 30 heavy (non-hydrogen) atoms. The third-order valence-electron chi connectivity index (χ3n) is 4.90. The van der Waals surface area contributed by atoms with E-state index in [4.69, 9.17) is 9.47 Å². The lowest BCUT2D eigenvalue weighted by molar-refractivity contribution is 0.0738. The minimum Gasteiger partial charge on any atom is -0.493 e.